The van der Waals surface area contributed by atoms with Gasteiger partial charge in [0.1, 0.15) is 23.9 Å². The second-order valence-corrected chi connectivity index (χ2v) is 8.48. The molecule has 4 rings (SSSR count). The number of benzene rings is 2. The molecule has 34 heavy (non-hydrogen) atoms. The van der Waals surface area contributed by atoms with Gasteiger partial charge in [0.2, 0.25) is 11.8 Å². The Morgan fingerprint density at radius 1 is 1.15 bits per heavy atom. The highest BCUT2D eigenvalue weighted by molar-refractivity contribution is 5.89. The molecule has 9 heteroatoms. The van der Waals surface area contributed by atoms with Crippen LogP contribution in [0.1, 0.15) is 37.3 Å². The van der Waals surface area contributed by atoms with E-state index in [1.54, 1.807) is 29.9 Å². The maximum atomic E-state index is 13.6. The van der Waals surface area contributed by atoms with E-state index >= 15 is 0 Å². The summed E-state index contributed by atoms with van der Waals surface area (Å²) in [6.45, 7) is 0.504. The number of nitrogens with zero attached hydrogens (tertiary/aromatic N) is 4. The normalized spacial score (nSPS) is 14.8. The molecule has 1 saturated carbocycles. The number of rotatable bonds is 10. The van der Waals surface area contributed by atoms with Crippen LogP contribution in [0.3, 0.4) is 0 Å². The minimum atomic E-state index is -0.826. The van der Waals surface area contributed by atoms with E-state index in [-0.39, 0.29) is 30.9 Å². The van der Waals surface area contributed by atoms with Crippen molar-refractivity contribution in [2.45, 2.75) is 44.3 Å². The first kappa shape index (κ1) is 23.7. The Hall–Kier alpha value is -3.46. The number of amides is 2. The zero-order valence-electron chi connectivity index (χ0n) is 19.6. The van der Waals surface area contributed by atoms with E-state index in [1.165, 1.54) is 0 Å². The third-order valence-corrected chi connectivity index (χ3v) is 6.23. The molecule has 1 aliphatic carbocycles. The number of methoxy groups -OCH3 is 2. The summed E-state index contributed by atoms with van der Waals surface area (Å²) >= 11 is 0. The second-order valence-electron chi connectivity index (χ2n) is 8.48. The Kier molecular flexibility index (Phi) is 7.74. The molecule has 1 N–H and O–H groups in total. The lowest BCUT2D eigenvalue weighted by Gasteiger charge is -2.32. The highest BCUT2D eigenvalue weighted by Gasteiger charge is 2.33. The van der Waals surface area contributed by atoms with Crippen molar-refractivity contribution in [3.8, 4) is 5.75 Å². The van der Waals surface area contributed by atoms with E-state index in [0.717, 1.165) is 31.2 Å². The number of nitrogens with one attached hydrogen (secondary N) is 1. The maximum Gasteiger partial charge on any atom is 0.247 e. The fourth-order valence-electron chi connectivity index (χ4n) is 4.48. The molecule has 1 heterocycles. The topological polar surface area (TPSA) is 98.6 Å². The number of hydrogen-bond acceptors (Lipinski definition) is 6. The van der Waals surface area contributed by atoms with E-state index in [1.807, 2.05) is 42.5 Å². The number of hydrogen-bond donors (Lipinski definition) is 1. The molecule has 0 spiro atoms. The van der Waals surface area contributed by atoms with Gasteiger partial charge in [0.05, 0.1) is 19.2 Å². The van der Waals surface area contributed by atoms with Crippen LogP contribution in [0.2, 0.25) is 0 Å². The second kappa shape index (κ2) is 11.1. The standard InChI is InChI=1S/C25H31N5O4/c1-33-15-14-29(23(31)17-30-22-13-6-5-12-21(22)27-28-30)24(18-8-7-11-20(16-18)34-2)25(32)26-19-9-3-4-10-19/h5-8,11-13,16,19,24H,3-4,9-10,14-15,17H2,1-2H3,(H,26,32). The molecule has 1 atom stereocenters. The van der Waals surface area contributed by atoms with Crippen molar-refractivity contribution >= 4 is 22.8 Å². The smallest absolute Gasteiger partial charge is 0.247 e. The molecular weight excluding hydrogens is 434 g/mol. The molecule has 1 aliphatic rings. The summed E-state index contributed by atoms with van der Waals surface area (Å²) < 4.78 is 12.2. The minimum Gasteiger partial charge on any atom is -0.497 e. The third-order valence-electron chi connectivity index (χ3n) is 6.23. The van der Waals surface area contributed by atoms with Crippen molar-refractivity contribution in [2.24, 2.45) is 0 Å². The number of fused-ring (bicyclic) bond motifs is 1. The quantitative estimate of drug-likeness (QED) is 0.494. The SMILES string of the molecule is COCCN(C(=O)Cn1nnc2ccccc21)C(C(=O)NC1CCCC1)c1cccc(OC)c1. The van der Waals surface area contributed by atoms with Crippen LogP contribution >= 0.6 is 0 Å². The number of aromatic nitrogens is 3. The van der Waals surface area contributed by atoms with Gasteiger partial charge in [0, 0.05) is 19.7 Å². The molecule has 0 saturated heterocycles. The van der Waals surface area contributed by atoms with Crippen LogP contribution in [-0.4, -0.2) is 65.1 Å². The first-order valence-corrected chi connectivity index (χ1v) is 11.6. The third kappa shape index (κ3) is 5.36. The van der Waals surface area contributed by atoms with Gasteiger partial charge in [-0.25, -0.2) is 4.68 Å². The fraction of sp³-hybridized carbons (Fsp3) is 0.440. The van der Waals surface area contributed by atoms with Gasteiger partial charge in [-0.05, 0) is 42.7 Å². The van der Waals surface area contributed by atoms with Gasteiger partial charge in [-0.15, -0.1) is 5.10 Å². The summed E-state index contributed by atoms with van der Waals surface area (Å²) in [5.74, 6) is 0.174. The molecule has 0 aliphatic heterocycles. The summed E-state index contributed by atoms with van der Waals surface area (Å²) in [6, 6.07) is 14.1. The summed E-state index contributed by atoms with van der Waals surface area (Å²) in [6.07, 6.45) is 4.10. The highest BCUT2D eigenvalue weighted by atomic mass is 16.5. The molecule has 1 fully saturated rings. The van der Waals surface area contributed by atoms with Gasteiger partial charge >= 0.3 is 0 Å². The number of carbonyl (C=O) groups excluding carboxylic acids is 2. The Bertz CT molecular complexity index is 1130. The molecule has 1 unspecified atom stereocenters. The first-order valence-electron chi connectivity index (χ1n) is 11.6. The van der Waals surface area contributed by atoms with E-state index in [4.69, 9.17) is 9.47 Å². The molecule has 0 radical (unpaired) electrons. The van der Waals surface area contributed by atoms with Gasteiger partial charge in [0.25, 0.3) is 0 Å². The molecule has 180 valence electrons. The van der Waals surface area contributed by atoms with E-state index in [2.05, 4.69) is 15.6 Å². The average Bonchev–Trinajstić information content (AvgIpc) is 3.51. The summed E-state index contributed by atoms with van der Waals surface area (Å²) in [7, 11) is 3.16. The zero-order valence-corrected chi connectivity index (χ0v) is 19.6. The van der Waals surface area contributed by atoms with Crippen molar-refractivity contribution in [1.29, 1.82) is 0 Å². The van der Waals surface area contributed by atoms with Gasteiger partial charge in [0.15, 0.2) is 0 Å². The molecular formula is C25H31N5O4. The lowest BCUT2D eigenvalue weighted by atomic mass is 10.0. The number of carbonyl (C=O) groups is 2. The summed E-state index contributed by atoms with van der Waals surface area (Å²) in [5, 5.41) is 11.5. The van der Waals surface area contributed by atoms with E-state index in [9.17, 15) is 9.59 Å². The predicted octanol–water partition coefficient (Wildman–Crippen LogP) is 2.71. The molecule has 1 aromatic heterocycles. The molecule has 2 amide bonds. The maximum absolute atomic E-state index is 13.6. The lowest BCUT2D eigenvalue weighted by molar-refractivity contribution is -0.142. The lowest BCUT2D eigenvalue weighted by Crippen LogP contribution is -2.48. The first-order chi connectivity index (χ1) is 16.6. The van der Waals surface area contributed by atoms with Crippen LogP contribution in [0, 0.1) is 0 Å². The Morgan fingerprint density at radius 3 is 2.71 bits per heavy atom. The summed E-state index contributed by atoms with van der Waals surface area (Å²) in [4.78, 5) is 28.8. The Labute approximate surface area is 199 Å². The molecule has 9 nitrogen and oxygen atoms in total. The van der Waals surface area contributed by atoms with Crippen molar-refractivity contribution in [1.82, 2.24) is 25.2 Å². The Balaban J connectivity index is 1.66. The highest BCUT2D eigenvalue weighted by Crippen LogP contribution is 2.27. The van der Waals surface area contributed by atoms with Crippen LogP contribution in [0.25, 0.3) is 11.0 Å². The Morgan fingerprint density at radius 2 is 1.94 bits per heavy atom. The monoisotopic (exact) mass is 465 g/mol. The van der Waals surface area contributed by atoms with E-state index in [0.29, 0.717) is 23.4 Å². The van der Waals surface area contributed by atoms with Crippen molar-refractivity contribution in [3.63, 3.8) is 0 Å². The number of para-hydroxylation sites is 1. The average molecular weight is 466 g/mol. The zero-order chi connectivity index (χ0) is 23.9. The van der Waals surface area contributed by atoms with Crippen LogP contribution in [0.4, 0.5) is 0 Å². The minimum absolute atomic E-state index is 0.0403. The van der Waals surface area contributed by atoms with Crippen molar-refractivity contribution in [2.75, 3.05) is 27.4 Å². The molecule has 0 bridgehead atoms. The summed E-state index contributed by atoms with van der Waals surface area (Å²) in [5.41, 5.74) is 2.15. The van der Waals surface area contributed by atoms with Gasteiger partial charge in [-0.1, -0.05) is 42.3 Å². The van der Waals surface area contributed by atoms with Crippen molar-refractivity contribution in [3.05, 3.63) is 54.1 Å². The van der Waals surface area contributed by atoms with Gasteiger partial charge < -0.3 is 19.7 Å². The van der Waals surface area contributed by atoms with E-state index < -0.39 is 6.04 Å². The van der Waals surface area contributed by atoms with Gasteiger partial charge in [-0.2, -0.15) is 0 Å². The van der Waals surface area contributed by atoms with Crippen molar-refractivity contribution < 1.29 is 19.1 Å². The van der Waals surface area contributed by atoms with Crippen LogP contribution in [0.15, 0.2) is 48.5 Å². The van der Waals surface area contributed by atoms with Crippen LogP contribution in [-0.2, 0) is 20.9 Å². The fourth-order valence-corrected chi connectivity index (χ4v) is 4.48. The number of ether oxygens (including phenoxy) is 2. The largest absolute Gasteiger partial charge is 0.497 e. The molecule has 2 aromatic carbocycles. The van der Waals surface area contributed by atoms with Gasteiger partial charge in [-0.3, -0.25) is 9.59 Å². The van der Waals surface area contributed by atoms with Crippen LogP contribution < -0.4 is 10.1 Å². The van der Waals surface area contributed by atoms with Crippen LogP contribution in [0.5, 0.6) is 5.75 Å². The predicted molar refractivity (Wildman–Crippen MR) is 127 cm³/mol. The molecule has 3 aromatic rings.